The van der Waals surface area contributed by atoms with E-state index in [1.54, 1.807) is 12.1 Å². The van der Waals surface area contributed by atoms with Crippen LogP contribution in [0.2, 0.25) is 0 Å². The Labute approximate surface area is 106 Å². The maximum absolute atomic E-state index is 11.6. The molecule has 0 aliphatic heterocycles. The van der Waals surface area contributed by atoms with Crippen molar-refractivity contribution in [1.29, 1.82) is 0 Å². The van der Waals surface area contributed by atoms with Gasteiger partial charge in [0.1, 0.15) is 0 Å². The van der Waals surface area contributed by atoms with Crippen LogP contribution in [0.15, 0.2) is 24.3 Å². The molecule has 4 N–H and O–H groups in total. The summed E-state index contributed by atoms with van der Waals surface area (Å²) in [6.07, 6.45) is 1.10. The summed E-state index contributed by atoms with van der Waals surface area (Å²) in [7, 11) is 0. The highest BCUT2D eigenvalue weighted by Gasteiger charge is 2.04. The van der Waals surface area contributed by atoms with Gasteiger partial charge < -0.3 is 16.2 Å². The number of nitrogens with two attached hydrogens (primary N) is 1. The number of rotatable bonds is 6. The second kappa shape index (κ2) is 6.98. The van der Waals surface area contributed by atoms with Crippen LogP contribution in [0, 0.1) is 0 Å². The average Bonchev–Trinajstić information content (AvgIpc) is 2.29. The van der Waals surface area contributed by atoms with E-state index in [1.165, 1.54) is 0 Å². The molecule has 1 aromatic rings. The van der Waals surface area contributed by atoms with Crippen molar-refractivity contribution in [2.45, 2.75) is 12.8 Å². The molecule has 0 radical (unpaired) electrons. The van der Waals surface area contributed by atoms with E-state index in [2.05, 4.69) is 5.32 Å². The maximum atomic E-state index is 11.6. The van der Waals surface area contributed by atoms with E-state index in [0.717, 1.165) is 5.56 Å². The molecule has 0 atom stereocenters. The number of carbonyl (C=O) groups excluding carboxylic acids is 1. The van der Waals surface area contributed by atoms with Crippen LogP contribution >= 0.6 is 12.2 Å². The Balaban J connectivity index is 2.54. The van der Waals surface area contributed by atoms with Gasteiger partial charge in [-0.05, 0) is 24.1 Å². The fourth-order valence-corrected chi connectivity index (χ4v) is 1.52. The number of aliphatic hydroxyl groups is 1. The molecule has 0 saturated carbocycles. The smallest absolute Gasteiger partial charge is 0.251 e. The van der Waals surface area contributed by atoms with Gasteiger partial charge in [0.15, 0.2) is 0 Å². The maximum Gasteiger partial charge on any atom is 0.251 e. The molecular weight excluding hydrogens is 236 g/mol. The molecule has 4 nitrogen and oxygen atoms in total. The molecule has 0 spiro atoms. The topological polar surface area (TPSA) is 75.4 Å². The van der Waals surface area contributed by atoms with Crippen LogP contribution < -0.4 is 11.1 Å². The van der Waals surface area contributed by atoms with Crippen LogP contribution in [0.25, 0.3) is 0 Å². The summed E-state index contributed by atoms with van der Waals surface area (Å²) in [6, 6.07) is 7.14. The molecule has 1 amide bonds. The van der Waals surface area contributed by atoms with Crippen molar-refractivity contribution in [2.24, 2.45) is 5.73 Å². The minimum Gasteiger partial charge on any atom is -0.396 e. The lowest BCUT2D eigenvalue weighted by Gasteiger charge is -2.05. The van der Waals surface area contributed by atoms with Crippen LogP contribution in [-0.2, 0) is 6.42 Å². The lowest BCUT2D eigenvalue weighted by Crippen LogP contribution is -2.25. The fourth-order valence-electron chi connectivity index (χ4n) is 1.36. The van der Waals surface area contributed by atoms with Crippen molar-refractivity contribution < 1.29 is 9.90 Å². The normalized spacial score (nSPS) is 9.94. The van der Waals surface area contributed by atoms with E-state index >= 15 is 0 Å². The number of amides is 1. The van der Waals surface area contributed by atoms with E-state index in [9.17, 15) is 4.79 Å². The zero-order valence-electron chi connectivity index (χ0n) is 9.48. The Morgan fingerprint density at radius 1 is 1.35 bits per heavy atom. The Kier molecular flexibility index (Phi) is 5.59. The zero-order valence-corrected chi connectivity index (χ0v) is 10.3. The molecule has 0 unspecified atom stereocenters. The monoisotopic (exact) mass is 252 g/mol. The molecule has 0 aliphatic rings. The second-order valence-corrected chi connectivity index (χ2v) is 4.20. The van der Waals surface area contributed by atoms with Gasteiger partial charge in [0.25, 0.3) is 5.91 Å². The second-order valence-electron chi connectivity index (χ2n) is 3.67. The van der Waals surface area contributed by atoms with E-state index < -0.39 is 0 Å². The molecule has 0 aliphatic carbocycles. The van der Waals surface area contributed by atoms with Gasteiger partial charge in [-0.15, -0.1) is 0 Å². The van der Waals surface area contributed by atoms with Crippen molar-refractivity contribution >= 4 is 23.1 Å². The molecule has 0 aromatic heterocycles. The van der Waals surface area contributed by atoms with E-state index in [0.29, 0.717) is 29.9 Å². The SMILES string of the molecule is NC(=S)Cc1ccc(C(=O)NCCCO)cc1. The number of hydrogen-bond acceptors (Lipinski definition) is 3. The first-order valence-electron chi connectivity index (χ1n) is 5.40. The van der Waals surface area contributed by atoms with Crippen molar-refractivity contribution in [2.75, 3.05) is 13.2 Å². The van der Waals surface area contributed by atoms with Gasteiger partial charge in [-0.3, -0.25) is 4.79 Å². The minimum absolute atomic E-state index is 0.0766. The van der Waals surface area contributed by atoms with Gasteiger partial charge in [0.2, 0.25) is 0 Å². The third kappa shape index (κ3) is 4.93. The molecule has 5 heteroatoms. The molecule has 92 valence electrons. The summed E-state index contributed by atoms with van der Waals surface area (Å²) in [5, 5.41) is 11.3. The summed E-state index contributed by atoms with van der Waals surface area (Å²) in [5.74, 6) is -0.139. The van der Waals surface area contributed by atoms with Gasteiger partial charge in [0.05, 0.1) is 4.99 Å². The van der Waals surface area contributed by atoms with Gasteiger partial charge in [-0.2, -0.15) is 0 Å². The van der Waals surface area contributed by atoms with Crippen LogP contribution in [0.1, 0.15) is 22.3 Å². The van der Waals surface area contributed by atoms with Gasteiger partial charge in [-0.1, -0.05) is 24.4 Å². The van der Waals surface area contributed by atoms with Crippen molar-refractivity contribution in [3.8, 4) is 0 Å². The first-order chi connectivity index (χ1) is 8.13. The van der Waals surface area contributed by atoms with E-state index in [4.69, 9.17) is 23.1 Å². The molecule has 0 fully saturated rings. The highest BCUT2D eigenvalue weighted by Crippen LogP contribution is 2.05. The summed E-state index contributed by atoms with van der Waals surface area (Å²) >= 11 is 4.81. The van der Waals surface area contributed by atoms with Crippen LogP contribution in [0.3, 0.4) is 0 Å². The van der Waals surface area contributed by atoms with Crippen molar-refractivity contribution in [3.63, 3.8) is 0 Å². The summed E-state index contributed by atoms with van der Waals surface area (Å²) < 4.78 is 0. The molecule has 0 saturated heterocycles. The van der Waals surface area contributed by atoms with Crippen LogP contribution in [0.4, 0.5) is 0 Å². The molecular formula is C12H16N2O2S. The highest BCUT2D eigenvalue weighted by atomic mass is 32.1. The molecule has 1 aromatic carbocycles. The first-order valence-corrected chi connectivity index (χ1v) is 5.80. The predicted octanol–water partition coefficient (Wildman–Crippen LogP) is 0.627. The number of aliphatic hydroxyl groups excluding tert-OH is 1. The zero-order chi connectivity index (χ0) is 12.7. The van der Waals surface area contributed by atoms with Gasteiger partial charge in [0, 0.05) is 25.1 Å². The third-order valence-corrected chi connectivity index (χ3v) is 2.36. The number of hydrogen-bond donors (Lipinski definition) is 3. The van der Waals surface area contributed by atoms with Crippen molar-refractivity contribution in [3.05, 3.63) is 35.4 Å². The molecule has 17 heavy (non-hydrogen) atoms. The predicted molar refractivity (Wildman–Crippen MR) is 71.0 cm³/mol. The Morgan fingerprint density at radius 3 is 2.53 bits per heavy atom. The third-order valence-electron chi connectivity index (χ3n) is 2.21. The van der Waals surface area contributed by atoms with E-state index in [-0.39, 0.29) is 12.5 Å². The van der Waals surface area contributed by atoms with Crippen LogP contribution in [-0.4, -0.2) is 29.2 Å². The standard InChI is InChI=1S/C12H16N2O2S/c13-11(17)8-9-2-4-10(5-3-9)12(16)14-6-1-7-15/h2-5,15H,1,6-8H2,(H2,13,17)(H,14,16). The Bertz CT molecular complexity index is 390. The van der Waals surface area contributed by atoms with Crippen molar-refractivity contribution in [1.82, 2.24) is 5.32 Å². The number of nitrogens with one attached hydrogen (secondary N) is 1. The van der Waals surface area contributed by atoms with Crippen LogP contribution in [0.5, 0.6) is 0 Å². The Hall–Kier alpha value is -1.46. The molecule has 0 heterocycles. The summed E-state index contributed by atoms with van der Waals surface area (Å²) in [4.78, 5) is 12.0. The largest absolute Gasteiger partial charge is 0.396 e. The van der Waals surface area contributed by atoms with Gasteiger partial charge >= 0.3 is 0 Å². The number of thiocarbonyl (C=S) groups is 1. The summed E-state index contributed by atoms with van der Waals surface area (Å²) in [6.45, 7) is 0.553. The van der Waals surface area contributed by atoms with Gasteiger partial charge in [-0.25, -0.2) is 0 Å². The highest BCUT2D eigenvalue weighted by molar-refractivity contribution is 7.80. The molecule has 0 bridgehead atoms. The lowest BCUT2D eigenvalue weighted by molar-refractivity contribution is 0.0951. The summed E-state index contributed by atoms with van der Waals surface area (Å²) in [5.41, 5.74) is 7.01. The lowest BCUT2D eigenvalue weighted by atomic mass is 10.1. The quantitative estimate of drug-likeness (QED) is 0.513. The Morgan fingerprint density at radius 2 is 2.00 bits per heavy atom. The number of benzene rings is 1. The molecule has 1 rings (SSSR count). The number of carbonyl (C=O) groups is 1. The average molecular weight is 252 g/mol. The fraction of sp³-hybridized carbons (Fsp3) is 0.333. The minimum atomic E-state index is -0.139. The van der Waals surface area contributed by atoms with E-state index in [1.807, 2.05) is 12.1 Å². The first kappa shape index (κ1) is 13.6.